The molecule has 5 N–H and O–H groups in total. The fraction of sp³-hybridized carbons (Fsp3) is 0.448. The Morgan fingerprint density at radius 1 is 0.850 bits per heavy atom. The van der Waals surface area contributed by atoms with Gasteiger partial charge < -0.3 is 40.2 Å². The van der Waals surface area contributed by atoms with Crippen molar-refractivity contribution < 1.29 is 37.1 Å². The van der Waals surface area contributed by atoms with Crippen molar-refractivity contribution in [3.8, 4) is 11.5 Å². The maximum Gasteiger partial charge on any atom is 0.283 e. The molecule has 0 radical (unpaired) electrons. The first kappa shape index (κ1) is 57.0. The van der Waals surface area contributed by atoms with Crippen molar-refractivity contribution in [2.24, 2.45) is 5.92 Å². The van der Waals surface area contributed by atoms with Gasteiger partial charge in [-0.15, -0.1) is 0 Å². The van der Waals surface area contributed by atoms with Crippen molar-refractivity contribution in [1.82, 2.24) is 55.2 Å². The van der Waals surface area contributed by atoms with Crippen LogP contribution in [0, 0.1) is 5.92 Å². The number of piperidine rings is 1. The number of benzene rings is 2. The van der Waals surface area contributed by atoms with E-state index < -0.39 is 22.0 Å². The summed E-state index contributed by atoms with van der Waals surface area (Å²) in [6, 6.07) is 19.3. The van der Waals surface area contributed by atoms with Crippen molar-refractivity contribution in [2.75, 3.05) is 71.0 Å². The van der Waals surface area contributed by atoms with Crippen molar-refractivity contribution in [2.45, 2.75) is 102 Å². The molecule has 1 aliphatic carbocycles. The van der Waals surface area contributed by atoms with E-state index in [1.807, 2.05) is 73.5 Å². The molecule has 4 amide bonds. The lowest BCUT2D eigenvalue weighted by Gasteiger charge is -2.36. The van der Waals surface area contributed by atoms with E-state index in [0.717, 1.165) is 92.1 Å². The van der Waals surface area contributed by atoms with E-state index in [9.17, 15) is 32.4 Å². The monoisotopic (exact) mass is 1110 g/mol. The molecule has 2 saturated heterocycles. The molecular weight excluding hydrogens is 1040 g/mol. The van der Waals surface area contributed by atoms with Crippen LogP contribution >= 0.6 is 0 Å². The molecule has 22 heteroatoms. The van der Waals surface area contributed by atoms with Crippen LogP contribution in [0.4, 0.5) is 5.69 Å². The number of fused-ring (bicyclic) bond motifs is 1. The van der Waals surface area contributed by atoms with Gasteiger partial charge in [0.05, 0.1) is 55.9 Å². The van der Waals surface area contributed by atoms with E-state index in [2.05, 4.69) is 50.5 Å². The first-order valence-corrected chi connectivity index (χ1v) is 29.3. The van der Waals surface area contributed by atoms with E-state index in [4.69, 9.17) is 9.47 Å². The van der Waals surface area contributed by atoms with Crippen molar-refractivity contribution in [3.05, 3.63) is 135 Å². The number of carbonyl (C=O) groups excluding carboxylic acids is 4. The standard InChI is InChI=1S/C58H72N12O9S/c1-4-40-29-50-51(64-55(40)72)27-39(31-61-50)36-67-23-25-68(26-24-67)46-17-19-49(62-33-46)57(74)66-80(76,77)48-34-63-70(38-48)22-20-60-58(75)54(41-11-7-6-8-12-41)65-56(73)43-14-9-13-42(28-43)45-15-10-21-69(37-45)53(71)35-59-32-44-16-18-47(78-3)30-52(44)79-5-2/h9,13-14,16-19,27-31,33-34,38,41,45,54,59H,4-8,10-12,15,20-26,32,35-37H2,1-3H3,(H,60,75)(H,64,72)(H,65,73)(H,66,74)/t45-,54-/m1/s1. The highest BCUT2D eigenvalue weighted by atomic mass is 32.2. The van der Waals surface area contributed by atoms with Crippen LogP contribution in [0.5, 0.6) is 11.5 Å². The average molecular weight is 1110 g/mol. The normalized spacial score (nSPS) is 16.7. The molecular formula is C58H72N12O9S. The minimum Gasteiger partial charge on any atom is -0.497 e. The number of hydrogen-bond donors (Lipinski definition) is 5. The Bertz CT molecular complexity index is 3320. The van der Waals surface area contributed by atoms with E-state index in [0.29, 0.717) is 80.4 Å². The van der Waals surface area contributed by atoms with E-state index in [1.165, 1.54) is 16.9 Å². The number of nitrogens with one attached hydrogen (secondary N) is 5. The van der Waals surface area contributed by atoms with Crippen molar-refractivity contribution in [3.63, 3.8) is 0 Å². The molecule has 0 unspecified atom stereocenters. The topological polar surface area (TPSA) is 255 Å². The third kappa shape index (κ3) is 14.4. The number of carbonyl (C=O) groups is 4. The lowest BCUT2D eigenvalue weighted by molar-refractivity contribution is -0.131. The number of nitrogens with zero attached hydrogens (tertiary/aromatic N) is 7. The van der Waals surface area contributed by atoms with Gasteiger partial charge in [-0.1, -0.05) is 44.4 Å². The molecule has 3 fully saturated rings. The van der Waals surface area contributed by atoms with Crippen LogP contribution in [0.15, 0.2) is 101 Å². The Hall–Kier alpha value is -7.69. The van der Waals surface area contributed by atoms with Crippen molar-refractivity contribution in [1.29, 1.82) is 0 Å². The molecule has 424 valence electrons. The van der Waals surface area contributed by atoms with Gasteiger partial charge in [-0.05, 0) is 98.5 Å². The Morgan fingerprint density at radius 3 is 2.44 bits per heavy atom. The Kier molecular flexibility index (Phi) is 18.9. The summed E-state index contributed by atoms with van der Waals surface area (Å²) in [5.41, 5.74) is 6.14. The van der Waals surface area contributed by atoms with Crippen LogP contribution in [-0.2, 0) is 45.7 Å². The number of anilines is 1. The minimum atomic E-state index is -4.33. The summed E-state index contributed by atoms with van der Waals surface area (Å²) in [6.45, 7) is 9.99. The van der Waals surface area contributed by atoms with Gasteiger partial charge in [-0.25, -0.2) is 18.1 Å². The first-order chi connectivity index (χ1) is 38.8. The number of pyridine rings is 3. The Balaban J connectivity index is 0.731. The second-order valence-electron chi connectivity index (χ2n) is 20.7. The molecule has 0 bridgehead atoms. The molecule has 0 spiro atoms. The minimum absolute atomic E-state index is 0.00255. The summed E-state index contributed by atoms with van der Waals surface area (Å²) in [6.07, 6.45) is 12.7. The van der Waals surface area contributed by atoms with Crippen LogP contribution in [0.2, 0.25) is 0 Å². The number of rotatable bonds is 22. The SMILES string of the molecule is CCOc1cc(OC)ccc1CNCC(=O)N1CCC[C@@H](c2cccc(C(=O)N[C@@H](C(=O)NCCn3cc(S(=O)(=O)NC(=O)c4ccc(N5CCN(Cc6cnc7cc(CC)c(=O)[nH]c7c6)CC5)cn4)cn3)C3CCCCC3)c2)C1. The summed E-state index contributed by atoms with van der Waals surface area (Å²) >= 11 is 0. The zero-order valence-corrected chi connectivity index (χ0v) is 46.6. The fourth-order valence-corrected chi connectivity index (χ4v) is 11.8. The molecule has 6 aromatic rings. The van der Waals surface area contributed by atoms with Gasteiger partial charge in [0.15, 0.2) is 0 Å². The zero-order chi connectivity index (χ0) is 56.2. The highest BCUT2D eigenvalue weighted by Gasteiger charge is 2.32. The van der Waals surface area contributed by atoms with Crippen LogP contribution in [0.1, 0.15) is 108 Å². The number of H-pyrrole nitrogens is 1. The summed E-state index contributed by atoms with van der Waals surface area (Å²) in [5.74, 6) is -0.227. The second-order valence-corrected chi connectivity index (χ2v) is 22.4. The molecule has 2 aliphatic heterocycles. The third-order valence-corrected chi connectivity index (χ3v) is 16.7. The largest absolute Gasteiger partial charge is 0.497 e. The summed E-state index contributed by atoms with van der Waals surface area (Å²) in [5, 5.41) is 13.5. The predicted octanol–water partition coefficient (Wildman–Crippen LogP) is 4.92. The Labute approximate surface area is 466 Å². The smallest absolute Gasteiger partial charge is 0.283 e. The molecule has 1 saturated carbocycles. The van der Waals surface area contributed by atoms with E-state index in [1.54, 1.807) is 25.4 Å². The van der Waals surface area contributed by atoms with E-state index in [-0.39, 0.29) is 65.3 Å². The average Bonchev–Trinajstić information content (AvgIpc) is 3.99. The fourth-order valence-electron chi connectivity index (χ4n) is 10.9. The van der Waals surface area contributed by atoms with Crippen molar-refractivity contribution >= 4 is 50.4 Å². The van der Waals surface area contributed by atoms with Crippen LogP contribution in [0.25, 0.3) is 11.0 Å². The van der Waals surface area contributed by atoms with Gasteiger partial charge in [0.1, 0.15) is 28.1 Å². The number of methoxy groups -OCH3 is 1. The number of hydrogen-bond acceptors (Lipinski definition) is 15. The van der Waals surface area contributed by atoms with Crippen LogP contribution in [0.3, 0.4) is 0 Å². The van der Waals surface area contributed by atoms with Crippen LogP contribution in [-0.4, -0.2) is 139 Å². The molecule has 2 aromatic carbocycles. The van der Waals surface area contributed by atoms with Gasteiger partial charge in [-0.2, -0.15) is 5.10 Å². The molecule has 6 heterocycles. The zero-order valence-electron chi connectivity index (χ0n) is 45.7. The number of aromatic amines is 1. The number of piperazine rings is 1. The summed E-state index contributed by atoms with van der Waals surface area (Å²) in [7, 11) is -2.72. The van der Waals surface area contributed by atoms with Gasteiger partial charge >= 0.3 is 0 Å². The lowest BCUT2D eigenvalue weighted by atomic mass is 9.83. The van der Waals surface area contributed by atoms with Crippen LogP contribution < -0.4 is 40.6 Å². The van der Waals surface area contributed by atoms with Gasteiger partial charge in [0.25, 0.3) is 27.4 Å². The molecule has 9 rings (SSSR count). The number of aryl methyl sites for hydroxylation is 1. The number of likely N-dealkylation sites (tertiary alicyclic amines) is 1. The number of aromatic nitrogens is 5. The second kappa shape index (κ2) is 26.5. The molecule has 21 nitrogen and oxygen atoms in total. The number of amides is 4. The van der Waals surface area contributed by atoms with Gasteiger partial charge in [0.2, 0.25) is 11.8 Å². The summed E-state index contributed by atoms with van der Waals surface area (Å²) in [4.78, 5) is 84.8. The Morgan fingerprint density at radius 2 is 1.68 bits per heavy atom. The van der Waals surface area contributed by atoms with Gasteiger partial charge in [-0.3, -0.25) is 38.5 Å². The molecule has 2 atom stereocenters. The van der Waals surface area contributed by atoms with Gasteiger partial charge in [0, 0.05) is 100.0 Å². The quantitative estimate of drug-likeness (QED) is 0.0605. The number of sulfonamides is 1. The maximum absolute atomic E-state index is 14.0. The first-order valence-electron chi connectivity index (χ1n) is 27.8. The predicted molar refractivity (Wildman–Crippen MR) is 302 cm³/mol. The van der Waals surface area contributed by atoms with E-state index >= 15 is 0 Å². The molecule has 4 aromatic heterocycles. The third-order valence-electron chi connectivity index (χ3n) is 15.4. The number of ether oxygens (including phenoxy) is 2. The highest BCUT2D eigenvalue weighted by molar-refractivity contribution is 7.90. The summed E-state index contributed by atoms with van der Waals surface area (Å²) < 4.78 is 41.3. The molecule has 80 heavy (non-hydrogen) atoms. The highest BCUT2D eigenvalue weighted by Crippen LogP contribution is 2.30. The maximum atomic E-state index is 14.0. The lowest BCUT2D eigenvalue weighted by Crippen LogP contribution is -2.51. The molecule has 3 aliphatic rings.